The Morgan fingerprint density at radius 3 is 2.56 bits per heavy atom. The smallest absolute Gasteiger partial charge is 0.282 e. The van der Waals surface area contributed by atoms with Crippen LogP contribution in [0.2, 0.25) is 0 Å². The van der Waals surface area contributed by atoms with Gasteiger partial charge in [-0.3, -0.25) is 10.2 Å². The molecule has 0 radical (unpaired) electrons. The molecule has 8 heteroatoms. The minimum atomic E-state index is -0.492. The molecule has 34 heavy (non-hydrogen) atoms. The zero-order valence-corrected chi connectivity index (χ0v) is 19.7. The van der Waals surface area contributed by atoms with E-state index in [-0.39, 0.29) is 11.4 Å². The number of amides is 1. The summed E-state index contributed by atoms with van der Waals surface area (Å²) in [6.45, 7) is 6.80. The van der Waals surface area contributed by atoms with Gasteiger partial charge in [0.25, 0.3) is 5.91 Å². The molecular weight excluding hydrogens is 434 g/mol. The van der Waals surface area contributed by atoms with Gasteiger partial charge in [-0.2, -0.15) is 4.99 Å². The molecule has 8 nitrogen and oxygen atoms in total. The number of ether oxygens (including phenoxy) is 3. The number of aryl methyl sites for hydroxylation is 2. The van der Waals surface area contributed by atoms with Gasteiger partial charge in [0.1, 0.15) is 11.5 Å². The summed E-state index contributed by atoms with van der Waals surface area (Å²) in [7, 11) is 1.56. The Labute approximate surface area is 198 Å². The Morgan fingerprint density at radius 2 is 1.79 bits per heavy atom. The van der Waals surface area contributed by atoms with Crippen molar-refractivity contribution in [3.63, 3.8) is 0 Å². The van der Waals surface area contributed by atoms with Crippen LogP contribution in [0.4, 0.5) is 0 Å². The van der Waals surface area contributed by atoms with Crippen molar-refractivity contribution >= 4 is 23.7 Å². The van der Waals surface area contributed by atoms with Gasteiger partial charge in [0.05, 0.1) is 25.9 Å². The van der Waals surface area contributed by atoms with Crippen LogP contribution in [0.3, 0.4) is 0 Å². The first-order chi connectivity index (χ1) is 16.4. The van der Waals surface area contributed by atoms with E-state index in [1.54, 1.807) is 44.4 Å². The average molecular weight is 462 g/mol. The molecule has 2 aromatic carbocycles. The van der Waals surface area contributed by atoms with Crippen LogP contribution >= 0.6 is 0 Å². The molecule has 0 fully saturated rings. The number of hydroxylamine groups is 2. The number of hydrogen-bond donors (Lipinski definition) is 1. The summed E-state index contributed by atoms with van der Waals surface area (Å²) in [4.78, 5) is 21.9. The van der Waals surface area contributed by atoms with Crippen molar-refractivity contribution in [3.05, 3.63) is 70.5 Å². The second kappa shape index (κ2) is 9.82. The van der Waals surface area contributed by atoms with Gasteiger partial charge >= 0.3 is 0 Å². The van der Waals surface area contributed by atoms with Crippen LogP contribution in [-0.4, -0.2) is 43.0 Å². The van der Waals surface area contributed by atoms with E-state index >= 15 is 0 Å². The van der Waals surface area contributed by atoms with Crippen LogP contribution in [0, 0.1) is 19.3 Å². The number of nitrogens with zero attached hydrogens (tertiary/aromatic N) is 2. The Balaban J connectivity index is 1.38. The van der Waals surface area contributed by atoms with Crippen molar-refractivity contribution in [3.8, 4) is 17.2 Å². The molecule has 2 aliphatic heterocycles. The van der Waals surface area contributed by atoms with Gasteiger partial charge in [-0.15, -0.1) is 5.06 Å². The quantitative estimate of drug-likeness (QED) is 0.456. The van der Waals surface area contributed by atoms with E-state index in [1.165, 1.54) is 5.06 Å². The lowest BCUT2D eigenvalue weighted by Crippen LogP contribution is -2.38. The Bertz CT molecular complexity index is 1230. The van der Waals surface area contributed by atoms with E-state index in [0.717, 1.165) is 16.9 Å². The molecule has 0 aromatic heterocycles. The van der Waals surface area contributed by atoms with Crippen molar-refractivity contribution in [1.29, 1.82) is 5.41 Å². The van der Waals surface area contributed by atoms with Crippen LogP contribution in [-0.2, 0) is 9.63 Å². The lowest BCUT2D eigenvalue weighted by atomic mass is 10.1. The van der Waals surface area contributed by atoms with Gasteiger partial charge in [0.2, 0.25) is 0 Å². The van der Waals surface area contributed by atoms with Crippen LogP contribution < -0.4 is 14.2 Å². The molecule has 1 amide bonds. The van der Waals surface area contributed by atoms with E-state index in [2.05, 4.69) is 11.1 Å². The van der Waals surface area contributed by atoms with Crippen molar-refractivity contribution in [2.24, 2.45) is 4.99 Å². The van der Waals surface area contributed by atoms with Gasteiger partial charge in [-0.1, -0.05) is 18.2 Å². The van der Waals surface area contributed by atoms with Crippen molar-refractivity contribution in [2.75, 3.05) is 20.3 Å². The van der Waals surface area contributed by atoms with E-state index in [4.69, 9.17) is 24.5 Å². The summed E-state index contributed by atoms with van der Waals surface area (Å²) in [5, 5.41) is 9.57. The molecule has 0 aliphatic carbocycles. The lowest BCUT2D eigenvalue weighted by Gasteiger charge is -2.23. The average Bonchev–Trinajstić information content (AvgIpc) is 3.19. The minimum Gasteiger partial charge on any atom is -0.493 e. The highest BCUT2D eigenvalue weighted by molar-refractivity contribution is 6.32. The summed E-state index contributed by atoms with van der Waals surface area (Å²) in [5.74, 6) is 2.33. The minimum absolute atomic E-state index is 0.0637. The molecule has 0 unspecified atom stereocenters. The number of nitrogens with one attached hydrogen (secondary N) is 1. The lowest BCUT2D eigenvalue weighted by molar-refractivity contribution is -0.114. The van der Waals surface area contributed by atoms with Gasteiger partial charge in [-0.05, 0) is 61.7 Å². The fourth-order valence-electron chi connectivity index (χ4n) is 3.55. The van der Waals surface area contributed by atoms with Crippen LogP contribution in [0.5, 0.6) is 17.2 Å². The molecular formula is C26H27N3O5. The van der Waals surface area contributed by atoms with Gasteiger partial charge < -0.3 is 19.0 Å². The fourth-order valence-corrected chi connectivity index (χ4v) is 3.55. The Morgan fingerprint density at radius 1 is 1.03 bits per heavy atom. The van der Waals surface area contributed by atoms with Gasteiger partial charge in [0.15, 0.2) is 23.2 Å². The van der Waals surface area contributed by atoms with E-state index in [9.17, 15) is 4.79 Å². The van der Waals surface area contributed by atoms with E-state index in [1.807, 2.05) is 26.0 Å². The maximum absolute atomic E-state index is 12.4. The van der Waals surface area contributed by atoms with Crippen molar-refractivity contribution < 1.29 is 23.8 Å². The number of allylic oxidation sites excluding steroid dienone is 1. The standard InChI is InChI=1S/C26H27N3O5/c1-16-6-7-17(2)22(12-16)33-11-5-10-32-21-9-8-19(15-23(21)31-4)14-20-25(27)29-24(28-26(20)30)13-18(3)34-29/h6-9,12-15,27H,5,10-11H2,1-4H3/b20-14+,27-25?. The van der Waals surface area contributed by atoms with Crippen LogP contribution in [0.1, 0.15) is 30.0 Å². The molecule has 2 aliphatic rings. The topological polar surface area (TPSA) is 93.4 Å². The molecule has 0 saturated heterocycles. The first kappa shape index (κ1) is 23.1. The summed E-state index contributed by atoms with van der Waals surface area (Å²) in [6.07, 6.45) is 3.91. The zero-order valence-electron chi connectivity index (χ0n) is 19.7. The number of carbonyl (C=O) groups is 1. The normalized spacial score (nSPS) is 16.1. The van der Waals surface area contributed by atoms with Gasteiger partial charge in [-0.25, -0.2) is 0 Å². The highest BCUT2D eigenvalue weighted by atomic mass is 16.7. The number of fused-ring (bicyclic) bond motifs is 1. The fraction of sp³-hybridized carbons (Fsp3) is 0.269. The third-order valence-corrected chi connectivity index (χ3v) is 5.33. The summed E-state index contributed by atoms with van der Waals surface area (Å²) >= 11 is 0. The number of hydrogen-bond acceptors (Lipinski definition) is 6. The van der Waals surface area contributed by atoms with Crippen LogP contribution in [0.15, 0.2) is 58.8 Å². The SMILES string of the molecule is COc1cc(/C=C2\C(=N)N3OC(C)=CC3=NC2=O)ccc1OCCCOc1cc(C)ccc1C. The van der Waals surface area contributed by atoms with E-state index in [0.29, 0.717) is 48.3 Å². The van der Waals surface area contributed by atoms with Crippen LogP contribution in [0.25, 0.3) is 6.08 Å². The summed E-state index contributed by atoms with van der Waals surface area (Å²) in [6, 6.07) is 11.5. The highest BCUT2D eigenvalue weighted by Crippen LogP contribution is 2.30. The third kappa shape index (κ3) is 4.96. The molecule has 176 valence electrons. The second-order valence-corrected chi connectivity index (χ2v) is 8.05. The van der Waals surface area contributed by atoms with E-state index < -0.39 is 5.91 Å². The number of carbonyl (C=O) groups excluding carboxylic acids is 1. The highest BCUT2D eigenvalue weighted by Gasteiger charge is 2.34. The number of amidine groups is 2. The summed E-state index contributed by atoms with van der Waals surface area (Å²) in [5.41, 5.74) is 3.07. The molecule has 0 spiro atoms. The summed E-state index contributed by atoms with van der Waals surface area (Å²) < 4.78 is 17.2. The largest absolute Gasteiger partial charge is 0.493 e. The maximum atomic E-state index is 12.4. The Hall–Kier alpha value is -4.07. The first-order valence-corrected chi connectivity index (χ1v) is 11.0. The molecule has 0 saturated carbocycles. The monoisotopic (exact) mass is 461 g/mol. The van der Waals surface area contributed by atoms with Crippen molar-refractivity contribution in [2.45, 2.75) is 27.2 Å². The third-order valence-electron chi connectivity index (χ3n) is 5.33. The Kier molecular flexibility index (Phi) is 6.67. The van der Waals surface area contributed by atoms with Crippen molar-refractivity contribution in [1.82, 2.24) is 5.06 Å². The molecule has 2 heterocycles. The zero-order chi connectivity index (χ0) is 24.2. The molecule has 0 bridgehead atoms. The molecule has 4 rings (SSSR count). The number of methoxy groups -OCH3 is 1. The van der Waals surface area contributed by atoms with Gasteiger partial charge in [0, 0.05) is 12.5 Å². The first-order valence-electron chi connectivity index (χ1n) is 11.0. The number of rotatable bonds is 8. The second-order valence-electron chi connectivity index (χ2n) is 8.05. The molecule has 2 aromatic rings. The maximum Gasteiger partial charge on any atom is 0.282 e. The molecule has 1 N–H and O–H groups in total. The predicted octanol–water partition coefficient (Wildman–Crippen LogP) is 4.61. The number of aliphatic imine (C=N–C) groups is 1. The number of benzene rings is 2. The predicted molar refractivity (Wildman–Crippen MR) is 129 cm³/mol. The molecule has 0 atom stereocenters.